The summed E-state index contributed by atoms with van der Waals surface area (Å²) in [6.45, 7) is 0. The van der Waals surface area contributed by atoms with Crippen molar-refractivity contribution in [3.63, 3.8) is 0 Å². The van der Waals surface area contributed by atoms with Gasteiger partial charge in [0.25, 0.3) is 5.91 Å². The molecule has 142 valence electrons. The van der Waals surface area contributed by atoms with Gasteiger partial charge in [0.2, 0.25) is 0 Å². The fourth-order valence-corrected chi connectivity index (χ4v) is 4.36. The van der Waals surface area contributed by atoms with Crippen molar-refractivity contribution in [2.45, 2.75) is 12.5 Å². The maximum atomic E-state index is 12.3. The molecule has 1 atom stereocenters. The predicted molar refractivity (Wildman–Crippen MR) is 98.4 cm³/mol. The first kappa shape index (κ1) is 18.8. The Morgan fingerprint density at radius 1 is 1.19 bits per heavy atom. The highest BCUT2D eigenvalue weighted by Crippen LogP contribution is 2.16. The summed E-state index contributed by atoms with van der Waals surface area (Å²) in [4.78, 5) is 23.8. The third-order valence-electron chi connectivity index (χ3n) is 4.02. The lowest BCUT2D eigenvalue weighted by Gasteiger charge is -2.11. The molecule has 9 nitrogen and oxygen atoms in total. The lowest BCUT2D eigenvalue weighted by Crippen LogP contribution is -2.22. The number of nitrogens with zero attached hydrogens (tertiary/aromatic N) is 2. The average molecular weight is 390 g/mol. The van der Waals surface area contributed by atoms with Gasteiger partial charge in [-0.2, -0.15) is 0 Å². The van der Waals surface area contributed by atoms with Gasteiger partial charge in [-0.05, 0) is 36.8 Å². The lowest BCUT2D eigenvalue weighted by atomic mass is 10.2. The zero-order valence-corrected chi connectivity index (χ0v) is 15.3. The van der Waals surface area contributed by atoms with Crippen LogP contribution in [0.2, 0.25) is 0 Å². The summed E-state index contributed by atoms with van der Waals surface area (Å²) < 4.78 is 27.6. The van der Waals surface area contributed by atoms with E-state index in [1.807, 2.05) is 0 Å². The Bertz CT molecular complexity index is 960. The highest BCUT2D eigenvalue weighted by atomic mass is 32.2. The molecule has 0 saturated carbocycles. The van der Waals surface area contributed by atoms with Gasteiger partial charge in [-0.25, -0.2) is 13.2 Å². The van der Waals surface area contributed by atoms with Crippen LogP contribution < -0.4 is 10.6 Å². The van der Waals surface area contributed by atoms with Crippen LogP contribution in [-0.2, 0) is 14.6 Å². The van der Waals surface area contributed by atoms with E-state index in [4.69, 9.17) is 0 Å². The van der Waals surface area contributed by atoms with Crippen molar-refractivity contribution in [3.05, 3.63) is 47.7 Å². The highest BCUT2D eigenvalue weighted by molar-refractivity contribution is 7.91. The molecular formula is C17H18N4O5S. The molecule has 2 N–H and O–H groups in total. The fraction of sp³-hybridized carbons (Fsp3) is 0.294. The Balaban J connectivity index is 1.63. The van der Waals surface area contributed by atoms with Crippen molar-refractivity contribution in [1.29, 1.82) is 0 Å². The van der Waals surface area contributed by atoms with E-state index in [0.717, 1.165) is 0 Å². The number of ether oxygens (including phenoxy) is 1. The molecule has 0 spiro atoms. The summed E-state index contributed by atoms with van der Waals surface area (Å²) in [6.07, 6.45) is 0.517. The number of hydrogen-bond donors (Lipinski definition) is 2. The van der Waals surface area contributed by atoms with Gasteiger partial charge in [0.05, 0.1) is 24.2 Å². The number of amides is 1. The Kier molecular flexibility index (Phi) is 5.36. The molecular weight excluding hydrogens is 372 g/mol. The molecule has 1 aliphatic rings. The number of aromatic nitrogens is 2. The van der Waals surface area contributed by atoms with E-state index in [2.05, 4.69) is 25.6 Å². The first-order chi connectivity index (χ1) is 12.9. The van der Waals surface area contributed by atoms with Gasteiger partial charge >= 0.3 is 5.97 Å². The van der Waals surface area contributed by atoms with E-state index >= 15 is 0 Å². The molecule has 1 aromatic heterocycles. The number of hydrogen-bond acceptors (Lipinski definition) is 8. The molecule has 3 rings (SSSR count). The zero-order chi connectivity index (χ0) is 19.4. The minimum absolute atomic E-state index is 0.0629. The monoisotopic (exact) mass is 390 g/mol. The molecule has 27 heavy (non-hydrogen) atoms. The molecule has 1 unspecified atom stereocenters. The van der Waals surface area contributed by atoms with E-state index in [0.29, 0.717) is 23.5 Å². The van der Waals surface area contributed by atoms with Crippen LogP contribution in [0.3, 0.4) is 0 Å². The van der Waals surface area contributed by atoms with Crippen LogP contribution in [-0.4, -0.2) is 55.1 Å². The molecule has 1 saturated heterocycles. The van der Waals surface area contributed by atoms with Crippen LogP contribution in [0.1, 0.15) is 27.3 Å². The van der Waals surface area contributed by atoms with Gasteiger partial charge in [-0.3, -0.25) is 4.79 Å². The fourth-order valence-electron chi connectivity index (χ4n) is 2.69. The number of nitrogens with one attached hydrogen (secondary N) is 2. The third-order valence-corrected chi connectivity index (χ3v) is 5.79. The third kappa shape index (κ3) is 4.79. The van der Waals surface area contributed by atoms with E-state index in [9.17, 15) is 18.0 Å². The summed E-state index contributed by atoms with van der Waals surface area (Å²) in [5.41, 5.74) is 0.818. The lowest BCUT2D eigenvalue weighted by molar-refractivity contribution is 0.0600. The summed E-state index contributed by atoms with van der Waals surface area (Å²) in [6, 6.07) is 9.17. The van der Waals surface area contributed by atoms with Crippen LogP contribution in [0.15, 0.2) is 36.4 Å². The van der Waals surface area contributed by atoms with Gasteiger partial charge in [-0.1, -0.05) is 6.07 Å². The average Bonchev–Trinajstić information content (AvgIpc) is 3.00. The van der Waals surface area contributed by atoms with Crippen molar-refractivity contribution in [3.8, 4) is 0 Å². The van der Waals surface area contributed by atoms with Crippen molar-refractivity contribution in [1.82, 2.24) is 10.2 Å². The number of carbonyl (C=O) groups excluding carboxylic acids is 2. The minimum atomic E-state index is -2.99. The maximum absolute atomic E-state index is 12.3. The van der Waals surface area contributed by atoms with Crippen molar-refractivity contribution >= 4 is 33.2 Å². The summed E-state index contributed by atoms with van der Waals surface area (Å²) >= 11 is 0. The van der Waals surface area contributed by atoms with Gasteiger partial charge in [0, 0.05) is 11.7 Å². The summed E-state index contributed by atoms with van der Waals surface area (Å²) in [7, 11) is -1.71. The molecule has 1 aromatic carbocycles. The van der Waals surface area contributed by atoms with E-state index in [1.165, 1.54) is 19.2 Å². The second-order valence-corrected chi connectivity index (χ2v) is 8.30. The molecule has 0 bridgehead atoms. The first-order valence-electron chi connectivity index (χ1n) is 8.17. The normalized spacial score (nSPS) is 17.9. The predicted octanol–water partition coefficient (Wildman–Crippen LogP) is 1.11. The molecule has 0 aliphatic carbocycles. The number of sulfone groups is 1. The van der Waals surface area contributed by atoms with E-state index in [1.54, 1.807) is 24.3 Å². The largest absolute Gasteiger partial charge is 0.465 e. The Labute approximate surface area is 156 Å². The second kappa shape index (κ2) is 7.70. The number of esters is 1. The van der Waals surface area contributed by atoms with Gasteiger partial charge in [0.1, 0.15) is 5.82 Å². The van der Waals surface area contributed by atoms with Crippen molar-refractivity contribution in [2.75, 3.05) is 29.2 Å². The molecule has 2 heterocycles. The van der Waals surface area contributed by atoms with Crippen LogP contribution in [0.25, 0.3) is 0 Å². The molecule has 1 amide bonds. The molecule has 2 aromatic rings. The quantitative estimate of drug-likeness (QED) is 0.727. The van der Waals surface area contributed by atoms with Crippen molar-refractivity contribution in [2.24, 2.45) is 0 Å². The second-order valence-electron chi connectivity index (χ2n) is 6.07. The number of carbonyl (C=O) groups is 2. The summed E-state index contributed by atoms with van der Waals surface area (Å²) in [5, 5.41) is 13.4. The van der Waals surface area contributed by atoms with Crippen LogP contribution >= 0.6 is 0 Å². The number of methoxy groups -OCH3 is 1. The molecule has 1 fully saturated rings. The van der Waals surface area contributed by atoms with Gasteiger partial charge < -0.3 is 15.4 Å². The number of anilines is 2. The SMILES string of the molecule is COC(=O)c1cccc(NC(=O)c2ccc(NC3CCS(=O)(=O)C3)nn2)c1. The zero-order valence-electron chi connectivity index (χ0n) is 14.5. The Morgan fingerprint density at radius 3 is 2.63 bits per heavy atom. The van der Waals surface area contributed by atoms with E-state index in [-0.39, 0.29) is 23.2 Å². The van der Waals surface area contributed by atoms with Gasteiger partial charge in [0.15, 0.2) is 15.5 Å². The topological polar surface area (TPSA) is 127 Å². The maximum Gasteiger partial charge on any atom is 0.337 e. The number of rotatable bonds is 5. The standard InChI is InChI=1S/C17H18N4O5S/c1-26-17(23)11-3-2-4-12(9-11)19-16(22)14-5-6-15(21-20-14)18-13-7-8-27(24,25)10-13/h2-6,9,13H,7-8,10H2,1H3,(H,18,21)(H,19,22). The van der Waals surface area contributed by atoms with E-state index < -0.39 is 21.7 Å². The van der Waals surface area contributed by atoms with Crippen LogP contribution in [0.5, 0.6) is 0 Å². The van der Waals surface area contributed by atoms with Gasteiger partial charge in [-0.15, -0.1) is 10.2 Å². The van der Waals surface area contributed by atoms with Crippen molar-refractivity contribution < 1.29 is 22.7 Å². The minimum Gasteiger partial charge on any atom is -0.465 e. The Hall–Kier alpha value is -3.01. The number of benzene rings is 1. The first-order valence-corrected chi connectivity index (χ1v) is 9.99. The van der Waals surface area contributed by atoms with Crippen LogP contribution in [0.4, 0.5) is 11.5 Å². The van der Waals surface area contributed by atoms with Crippen LogP contribution in [0, 0.1) is 0 Å². The highest BCUT2D eigenvalue weighted by Gasteiger charge is 2.28. The molecule has 1 aliphatic heterocycles. The summed E-state index contributed by atoms with van der Waals surface area (Å²) in [5.74, 6) is -0.368. The molecule has 0 radical (unpaired) electrons. The molecule has 10 heteroatoms. The Morgan fingerprint density at radius 2 is 2.00 bits per heavy atom. The smallest absolute Gasteiger partial charge is 0.337 e.